The minimum atomic E-state index is -4.46. The number of benzene rings is 2. The van der Waals surface area contributed by atoms with Gasteiger partial charge in [0.05, 0.1) is 5.56 Å². The second kappa shape index (κ2) is 9.15. The van der Waals surface area contributed by atoms with E-state index in [0.717, 1.165) is 11.6 Å². The maximum Gasteiger partial charge on any atom is 0.416 e. The van der Waals surface area contributed by atoms with Crippen molar-refractivity contribution in [1.82, 2.24) is 14.5 Å². The van der Waals surface area contributed by atoms with Crippen molar-refractivity contribution >= 4 is 40.1 Å². The number of fused-ring (bicyclic) bond motifs is 1. The molecule has 170 valence electrons. The predicted octanol–water partition coefficient (Wildman–Crippen LogP) is 6.70. The maximum atomic E-state index is 13.2. The predicted molar refractivity (Wildman–Crippen MR) is 122 cm³/mol. The zero-order valence-electron chi connectivity index (χ0n) is 17.5. The van der Waals surface area contributed by atoms with Crippen LogP contribution in [0, 0.1) is 0 Å². The number of hydrogen-bond donors (Lipinski definition) is 0. The number of halogens is 5. The van der Waals surface area contributed by atoms with Crippen LogP contribution in [0.25, 0.3) is 11.2 Å². The number of carbonyl (C=O) groups excluding carboxylic acids is 1. The first-order valence-electron chi connectivity index (χ1n) is 10.1. The van der Waals surface area contributed by atoms with Crippen molar-refractivity contribution < 1.29 is 18.0 Å². The fourth-order valence-corrected chi connectivity index (χ4v) is 4.23. The molecule has 0 aliphatic carbocycles. The van der Waals surface area contributed by atoms with Gasteiger partial charge in [0.25, 0.3) is 0 Å². The van der Waals surface area contributed by atoms with Crippen LogP contribution in [0.1, 0.15) is 39.3 Å². The molecular weight excluding hydrogens is 474 g/mol. The Morgan fingerprint density at radius 3 is 2.45 bits per heavy atom. The average Bonchev–Trinajstić information content (AvgIpc) is 3.09. The number of carbonyl (C=O) groups is 1. The first-order chi connectivity index (χ1) is 15.6. The minimum absolute atomic E-state index is 0.0228. The average molecular weight is 492 g/mol. The SMILES string of the molecule is Cn1c(Cc2c(Cl)cccc2Cl)nc2cc(C(=O)CCc3ccccc3C(F)(F)F)cnc21. The van der Waals surface area contributed by atoms with E-state index in [1.807, 2.05) is 0 Å². The number of aryl methyl sites for hydroxylation is 2. The van der Waals surface area contributed by atoms with Crippen molar-refractivity contribution in [2.45, 2.75) is 25.4 Å². The molecule has 0 atom stereocenters. The van der Waals surface area contributed by atoms with Gasteiger partial charge in [-0.25, -0.2) is 9.97 Å². The molecular formula is C24H18Cl2F3N3O. The van der Waals surface area contributed by atoms with Gasteiger partial charge >= 0.3 is 6.18 Å². The van der Waals surface area contributed by atoms with Crippen LogP contribution in [0.15, 0.2) is 54.7 Å². The summed E-state index contributed by atoms with van der Waals surface area (Å²) < 4.78 is 41.4. The van der Waals surface area contributed by atoms with Gasteiger partial charge in [-0.15, -0.1) is 0 Å². The lowest BCUT2D eigenvalue weighted by Gasteiger charge is -2.12. The van der Waals surface area contributed by atoms with Crippen LogP contribution < -0.4 is 0 Å². The zero-order chi connectivity index (χ0) is 23.8. The first kappa shape index (κ1) is 23.3. The van der Waals surface area contributed by atoms with Crippen molar-refractivity contribution in [3.8, 4) is 0 Å². The van der Waals surface area contributed by atoms with Crippen LogP contribution in [-0.4, -0.2) is 20.3 Å². The summed E-state index contributed by atoms with van der Waals surface area (Å²) in [5.41, 5.74) is 1.48. The quantitative estimate of drug-likeness (QED) is 0.282. The topological polar surface area (TPSA) is 47.8 Å². The molecule has 9 heteroatoms. The van der Waals surface area contributed by atoms with E-state index in [1.165, 1.54) is 24.4 Å². The molecule has 0 fully saturated rings. The number of rotatable bonds is 6. The van der Waals surface area contributed by atoms with Gasteiger partial charge in [-0.1, -0.05) is 47.5 Å². The largest absolute Gasteiger partial charge is 0.416 e. The molecule has 4 aromatic rings. The molecule has 2 heterocycles. The zero-order valence-corrected chi connectivity index (χ0v) is 19.0. The van der Waals surface area contributed by atoms with Crippen molar-refractivity contribution in [1.29, 1.82) is 0 Å². The molecule has 0 aliphatic rings. The van der Waals surface area contributed by atoms with Crippen LogP contribution in [0.2, 0.25) is 10.0 Å². The van der Waals surface area contributed by atoms with Gasteiger partial charge in [-0.2, -0.15) is 13.2 Å². The highest BCUT2D eigenvalue weighted by atomic mass is 35.5. The standard InChI is InChI=1S/C24H18Cl2F3N3O/c1-32-22(12-16-18(25)7-4-8-19(16)26)31-20-11-15(13-30-23(20)32)21(33)10-9-14-5-2-3-6-17(14)24(27,28)29/h2-8,11,13H,9-10,12H2,1H3. The molecule has 33 heavy (non-hydrogen) atoms. The van der Waals surface area contributed by atoms with Gasteiger partial charge in [0.15, 0.2) is 11.4 Å². The summed E-state index contributed by atoms with van der Waals surface area (Å²) in [5, 5.41) is 1.05. The highest BCUT2D eigenvalue weighted by Crippen LogP contribution is 2.32. The third kappa shape index (κ3) is 4.89. The summed E-state index contributed by atoms with van der Waals surface area (Å²) in [7, 11) is 1.80. The monoisotopic (exact) mass is 491 g/mol. The second-order valence-corrected chi connectivity index (χ2v) is 8.42. The van der Waals surface area contributed by atoms with Gasteiger partial charge in [0, 0.05) is 41.7 Å². The molecule has 0 saturated carbocycles. The summed E-state index contributed by atoms with van der Waals surface area (Å²) in [4.78, 5) is 21.6. The molecule has 0 radical (unpaired) electrons. The number of Topliss-reactive ketones (excluding diaryl/α,β-unsaturated/α-hetero) is 1. The van der Waals surface area contributed by atoms with Crippen molar-refractivity contribution in [2.24, 2.45) is 7.05 Å². The third-order valence-electron chi connectivity index (χ3n) is 5.46. The van der Waals surface area contributed by atoms with Crippen molar-refractivity contribution in [3.63, 3.8) is 0 Å². The lowest BCUT2D eigenvalue weighted by molar-refractivity contribution is -0.138. The smallest absolute Gasteiger partial charge is 0.316 e. The fraction of sp³-hybridized carbons (Fsp3) is 0.208. The number of imidazole rings is 1. The summed E-state index contributed by atoms with van der Waals surface area (Å²) >= 11 is 12.5. The molecule has 2 aromatic carbocycles. The molecule has 4 nitrogen and oxygen atoms in total. The molecule has 0 unspecified atom stereocenters. The molecule has 0 aliphatic heterocycles. The molecule has 0 N–H and O–H groups in total. The number of nitrogens with zero attached hydrogens (tertiary/aromatic N) is 3. The molecule has 0 saturated heterocycles. The van der Waals surface area contributed by atoms with Gasteiger partial charge in [0.2, 0.25) is 0 Å². The van der Waals surface area contributed by atoms with E-state index >= 15 is 0 Å². The Hall–Kier alpha value is -2.90. The Balaban J connectivity index is 1.56. The molecule has 4 rings (SSSR count). The summed E-state index contributed by atoms with van der Waals surface area (Å²) in [5.74, 6) is 0.360. The summed E-state index contributed by atoms with van der Waals surface area (Å²) in [6.07, 6.45) is -2.76. The highest BCUT2D eigenvalue weighted by molar-refractivity contribution is 6.36. The first-order valence-corrected chi connectivity index (χ1v) is 10.8. The Labute approximate surface area is 198 Å². The summed E-state index contributed by atoms with van der Waals surface area (Å²) in [6.45, 7) is 0. The lowest BCUT2D eigenvalue weighted by Crippen LogP contribution is -2.10. The fourth-order valence-electron chi connectivity index (χ4n) is 3.70. The van der Waals surface area contributed by atoms with Crippen molar-refractivity contribution in [3.05, 3.63) is 92.9 Å². The number of ketones is 1. The van der Waals surface area contributed by atoms with Crippen LogP contribution >= 0.6 is 23.2 Å². The van der Waals surface area contributed by atoms with E-state index in [1.54, 1.807) is 35.9 Å². The number of aromatic nitrogens is 3. The molecule has 2 aromatic heterocycles. The van der Waals surface area contributed by atoms with Crippen LogP contribution in [0.3, 0.4) is 0 Å². The second-order valence-electron chi connectivity index (χ2n) is 7.61. The van der Waals surface area contributed by atoms with Crippen LogP contribution in [-0.2, 0) is 26.1 Å². The van der Waals surface area contributed by atoms with Gasteiger partial charge in [0.1, 0.15) is 11.3 Å². The van der Waals surface area contributed by atoms with Crippen LogP contribution in [0.5, 0.6) is 0 Å². The summed E-state index contributed by atoms with van der Waals surface area (Å²) in [6, 6.07) is 12.1. The highest BCUT2D eigenvalue weighted by Gasteiger charge is 2.32. The van der Waals surface area contributed by atoms with Crippen LogP contribution in [0.4, 0.5) is 13.2 Å². The minimum Gasteiger partial charge on any atom is -0.316 e. The Bertz CT molecular complexity index is 1330. The lowest BCUT2D eigenvalue weighted by atomic mass is 9.99. The third-order valence-corrected chi connectivity index (χ3v) is 6.17. The van der Waals surface area contributed by atoms with E-state index < -0.39 is 11.7 Å². The van der Waals surface area contributed by atoms with Gasteiger partial charge in [-0.05, 0) is 41.8 Å². The molecule has 0 amide bonds. The van der Waals surface area contributed by atoms with E-state index in [2.05, 4.69) is 9.97 Å². The van der Waals surface area contributed by atoms with E-state index in [-0.39, 0.29) is 24.2 Å². The van der Waals surface area contributed by atoms with E-state index in [9.17, 15) is 18.0 Å². The Morgan fingerprint density at radius 1 is 1.06 bits per heavy atom. The number of pyridine rings is 1. The van der Waals surface area contributed by atoms with E-state index in [0.29, 0.717) is 39.0 Å². The number of hydrogen-bond acceptors (Lipinski definition) is 3. The Morgan fingerprint density at radius 2 is 1.76 bits per heavy atom. The molecule has 0 spiro atoms. The van der Waals surface area contributed by atoms with Gasteiger partial charge in [-0.3, -0.25) is 4.79 Å². The number of alkyl halides is 3. The maximum absolute atomic E-state index is 13.2. The van der Waals surface area contributed by atoms with E-state index in [4.69, 9.17) is 23.2 Å². The normalized spacial score (nSPS) is 11.8. The molecule has 0 bridgehead atoms. The Kier molecular flexibility index (Phi) is 6.45. The van der Waals surface area contributed by atoms with Crippen molar-refractivity contribution in [2.75, 3.05) is 0 Å². The van der Waals surface area contributed by atoms with Gasteiger partial charge < -0.3 is 4.57 Å².